The number of imidazole rings is 1. The van der Waals surface area contributed by atoms with Crippen molar-refractivity contribution in [3.05, 3.63) is 53.9 Å². The summed E-state index contributed by atoms with van der Waals surface area (Å²) >= 11 is 0. The normalized spacial score (nSPS) is 17.7. The number of anilines is 1. The zero-order valence-corrected chi connectivity index (χ0v) is 13.7. The van der Waals surface area contributed by atoms with Crippen LogP contribution in [0.15, 0.2) is 42.5 Å². The Morgan fingerprint density at radius 2 is 2.12 bits per heavy atom. The van der Waals surface area contributed by atoms with E-state index in [4.69, 9.17) is 4.74 Å². The molecule has 1 fully saturated rings. The fraction of sp³-hybridized carbons (Fsp3) is 0.263. The van der Waals surface area contributed by atoms with Crippen molar-refractivity contribution in [1.29, 1.82) is 0 Å². The van der Waals surface area contributed by atoms with E-state index in [0.29, 0.717) is 13.0 Å². The highest BCUT2D eigenvalue weighted by Crippen LogP contribution is 2.32. The second-order valence-corrected chi connectivity index (χ2v) is 6.25. The number of H-pyrrole nitrogens is 1. The van der Waals surface area contributed by atoms with Crippen molar-refractivity contribution in [3.63, 3.8) is 0 Å². The monoisotopic (exact) mass is 321 g/mol. The summed E-state index contributed by atoms with van der Waals surface area (Å²) in [6, 6.07) is 13.8. The number of hydrogen-bond donors (Lipinski definition) is 1. The Kier molecular flexibility index (Phi) is 3.49. The maximum Gasteiger partial charge on any atom is 0.227 e. The number of nitrogens with one attached hydrogen (secondary N) is 1. The molecule has 0 aliphatic carbocycles. The first-order valence-electron chi connectivity index (χ1n) is 8.05. The maximum absolute atomic E-state index is 12.5. The predicted molar refractivity (Wildman–Crippen MR) is 93.5 cm³/mol. The highest BCUT2D eigenvalue weighted by atomic mass is 16.5. The summed E-state index contributed by atoms with van der Waals surface area (Å²) in [4.78, 5) is 22.3. The summed E-state index contributed by atoms with van der Waals surface area (Å²) in [7, 11) is 1.63. The number of benzene rings is 2. The largest absolute Gasteiger partial charge is 0.497 e. The Bertz CT molecular complexity index is 916. The average Bonchev–Trinajstić information content (AvgIpc) is 3.17. The van der Waals surface area contributed by atoms with E-state index in [1.165, 1.54) is 5.56 Å². The maximum atomic E-state index is 12.5. The number of aryl methyl sites for hydroxylation is 1. The molecule has 1 amide bonds. The van der Waals surface area contributed by atoms with Crippen LogP contribution < -0.4 is 9.64 Å². The molecule has 5 heteroatoms. The van der Waals surface area contributed by atoms with Crippen molar-refractivity contribution >= 4 is 22.6 Å². The topological polar surface area (TPSA) is 58.2 Å². The van der Waals surface area contributed by atoms with E-state index < -0.39 is 0 Å². The Morgan fingerprint density at radius 3 is 2.96 bits per heavy atom. The zero-order valence-electron chi connectivity index (χ0n) is 13.7. The number of nitrogens with zero attached hydrogens (tertiary/aromatic N) is 2. The third kappa shape index (κ3) is 2.52. The molecular weight excluding hydrogens is 302 g/mol. The second-order valence-electron chi connectivity index (χ2n) is 6.25. The van der Waals surface area contributed by atoms with Crippen molar-refractivity contribution in [2.75, 3.05) is 18.6 Å². The van der Waals surface area contributed by atoms with Gasteiger partial charge in [-0.3, -0.25) is 4.79 Å². The zero-order chi connectivity index (χ0) is 16.7. The number of amides is 1. The van der Waals surface area contributed by atoms with Gasteiger partial charge >= 0.3 is 0 Å². The van der Waals surface area contributed by atoms with Gasteiger partial charge in [-0.2, -0.15) is 0 Å². The molecule has 1 unspecified atom stereocenters. The number of methoxy groups -OCH3 is 1. The Labute approximate surface area is 140 Å². The standard InChI is InChI=1S/C19H19N3O2/c1-12-6-7-16-17(8-12)21-19(20-16)13-9-18(23)22(11-13)14-4-3-5-15(10-14)24-2/h3-8,10,13H,9,11H2,1-2H3,(H,20,21). The summed E-state index contributed by atoms with van der Waals surface area (Å²) in [6.07, 6.45) is 0.468. The van der Waals surface area contributed by atoms with Gasteiger partial charge in [0, 0.05) is 30.6 Å². The summed E-state index contributed by atoms with van der Waals surface area (Å²) in [5, 5.41) is 0. The molecule has 4 rings (SSSR count). The molecule has 1 atom stereocenters. The van der Waals surface area contributed by atoms with E-state index in [-0.39, 0.29) is 11.8 Å². The number of ether oxygens (including phenoxy) is 1. The molecule has 0 radical (unpaired) electrons. The summed E-state index contributed by atoms with van der Waals surface area (Å²) < 4.78 is 5.26. The van der Waals surface area contributed by atoms with Crippen LogP contribution in [0.4, 0.5) is 5.69 Å². The lowest BCUT2D eigenvalue weighted by Gasteiger charge is -2.17. The molecule has 1 aromatic heterocycles. The van der Waals surface area contributed by atoms with Gasteiger partial charge in [0.1, 0.15) is 11.6 Å². The molecule has 0 bridgehead atoms. The van der Waals surface area contributed by atoms with E-state index in [2.05, 4.69) is 29.0 Å². The van der Waals surface area contributed by atoms with Crippen LogP contribution in [0.25, 0.3) is 11.0 Å². The number of carbonyl (C=O) groups excluding carboxylic acids is 1. The van der Waals surface area contributed by atoms with Gasteiger partial charge in [-0.05, 0) is 36.8 Å². The number of hydrogen-bond acceptors (Lipinski definition) is 3. The first-order chi connectivity index (χ1) is 11.6. The Hall–Kier alpha value is -2.82. The quantitative estimate of drug-likeness (QED) is 0.804. The van der Waals surface area contributed by atoms with Crippen molar-refractivity contribution < 1.29 is 9.53 Å². The minimum absolute atomic E-state index is 0.0800. The number of rotatable bonds is 3. The molecular formula is C19H19N3O2. The number of carbonyl (C=O) groups is 1. The first-order valence-corrected chi connectivity index (χ1v) is 8.05. The SMILES string of the molecule is COc1cccc(N2CC(c3nc4ccc(C)cc4[nH]3)CC2=O)c1. The Morgan fingerprint density at radius 1 is 1.25 bits per heavy atom. The van der Waals surface area contributed by atoms with E-state index in [1.54, 1.807) is 7.11 Å². The first kappa shape index (κ1) is 14.8. The van der Waals surface area contributed by atoms with Crippen LogP contribution in [-0.2, 0) is 4.79 Å². The van der Waals surface area contributed by atoms with E-state index in [0.717, 1.165) is 28.3 Å². The fourth-order valence-electron chi connectivity index (χ4n) is 3.26. The average molecular weight is 321 g/mol. The van der Waals surface area contributed by atoms with Crippen LogP contribution in [-0.4, -0.2) is 29.5 Å². The molecule has 0 saturated carbocycles. The minimum atomic E-state index is 0.0800. The molecule has 2 heterocycles. The molecule has 1 saturated heterocycles. The van der Waals surface area contributed by atoms with Crippen LogP contribution in [0.2, 0.25) is 0 Å². The van der Waals surface area contributed by atoms with Gasteiger partial charge in [0.25, 0.3) is 0 Å². The predicted octanol–water partition coefficient (Wildman–Crippen LogP) is 3.40. The lowest BCUT2D eigenvalue weighted by atomic mass is 10.1. The summed E-state index contributed by atoms with van der Waals surface area (Å²) in [5.74, 6) is 1.83. The lowest BCUT2D eigenvalue weighted by Crippen LogP contribution is -2.24. The molecule has 1 aliphatic rings. The molecule has 1 aliphatic heterocycles. The molecule has 0 spiro atoms. The minimum Gasteiger partial charge on any atom is -0.497 e. The van der Waals surface area contributed by atoms with E-state index in [9.17, 15) is 4.79 Å². The third-order valence-electron chi connectivity index (χ3n) is 4.53. The van der Waals surface area contributed by atoms with Gasteiger partial charge in [0.05, 0.1) is 18.1 Å². The number of aromatic amines is 1. The second kappa shape index (κ2) is 5.67. The smallest absolute Gasteiger partial charge is 0.227 e. The molecule has 5 nitrogen and oxygen atoms in total. The van der Waals surface area contributed by atoms with Crippen LogP contribution >= 0.6 is 0 Å². The molecule has 1 N–H and O–H groups in total. The van der Waals surface area contributed by atoms with Crippen molar-refractivity contribution in [1.82, 2.24) is 9.97 Å². The summed E-state index contributed by atoms with van der Waals surface area (Å²) in [6.45, 7) is 2.69. The highest BCUT2D eigenvalue weighted by Gasteiger charge is 2.33. The van der Waals surface area contributed by atoms with Gasteiger partial charge in [-0.1, -0.05) is 12.1 Å². The Balaban J connectivity index is 1.62. The molecule has 122 valence electrons. The number of fused-ring (bicyclic) bond motifs is 1. The van der Waals surface area contributed by atoms with Gasteiger partial charge < -0.3 is 14.6 Å². The fourth-order valence-corrected chi connectivity index (χ4v) is 3.26. The lowest BCUT2D eigenvalue weighted by molar-refractivity contribution is -0.117. The van der Waals surface area contributed by atoms with Gasteiger partial charge in [0.15, 0.2) is 0 Å². The molecule has 2 aromatic carbocycles. The van der Waals surface area contributed by atoms with Crippen molar-refractivity contribution in [3.8, 4) is 5.75 Å². The van der Waals surface area contributed by atoms with E-state index in [1.807, 2.05) is 35.2 Å². The van der Waals surface area contributed by atoms with Gasteiger partial charge in [-0.25, -0.2) is 4.98 Å². The van der Waals surface area contributed by atoms with Crippen molar-refractivity contribution in [2.24, 2.45) is 0 Å². The molecule has 3 aromatic rings. The van der Waals surface area contributed by atoms with Gasteiger partial charge in [0.2, 0.25) is 5.91 Å². The van der Waals surface area contributed by atoms with Crippen LogP contribution in [0.5, 0.6) is 5.75 Å². The van der Waals surface area contributed by atoms with Crippen LogP contribution in [0.3, 0.4) is 0 Å². The number of aromatic nitrogens is 2. The molecule has 24 heavy (non-hydrogen) atoms. The third-order valence-corrected chi connectivity index (χ3v) is 4.53. The van der Waals surface area contributed by atoms with E-state index >= 15 is 0 Å². The van der Waals surface area contributed by atoms with Gasteiger partial charge in [-0.15, -0.1) is 0 Å². The van der Waals surface area contributed by atoms with Crippen LogP contribution in [0.1, 0.15) is 23.7 Å². The van der Waals surface area contributed by atoms with Crippen LogP contribution in [0, 0.1) is 6.92 Å². The van der Waals surface area contributed by atoms with Crippen molar-refractivity contribution in [2.45, 2.75) is 19.3 Å². The highest BCUT2D eigenvalue weighted by molar-refractivity contribution is 5.96. The summed E-state index contributed by atoms with van der Waals surface area (Å²) in [5.41, 5.74) is 4.03.